The SMILES string of the molecule is Cc1cc(C)c(/C=N/Nc2nc(Nc3ccccc3)nc(N3CCOCC3)n2)c(C)c1. The van der Waals surface area contributed by atoms with Crippen LogP contribution in [-0.4, -0.2) is 47.5 Å². The number of anilines is 4. The van der Waals surface area contributed by atoms with Gasteiger partial charge in [-0.05, 0) is 44.0 Å². The van der Waals surface area contributed by atoms with Crippen LogP contribution >= 0.6 is 0 Å². The minimum atomic E-state index is 0.383. The van der Waals surface area contributed by atoms with Gasteiger partial charge in [0.25, 0.3) is 0 Å². The van der Waals surface area contributed by atoms with Gasteiger partial charge in [0.05, 0.1) is 19.4 Å². The first-order valence-electron chi connectivity index (χ1n) is 10.4. The van der Waals surface area contributed by atoms with Crippen LogP contribution in [0.3, 0.4) is 0 Å². The molecular weight excluding hydrogens is 390 g/mol. The van der Waals surface area contributed by atoms with Gasteiger partial charge in [-0.15, -0.1) is 0 Å². The van der Waals surface area contributed by atoms with Gasteiger partial charge < -0.3 is 15.0 Å². The molecule has 2 N–H and O–H groups in total. The van der Waals surface area contributed by atoms with E-state index in [-0.39, 0.29) is 0 Å². The predicted octanol–water partition coefficient (Wildman–Crippen LogP) is 3.82. The molecule has 8 heteroatoms. The van der Waals surface area contributed by atoms with Crippen molar-refractivity contribution >= 4 is 29.7 Å². The van der Waals surface area contributed by atoms with Crippen molar-refractivity contribution in [3.8, 4) is 0 Å². The molecule has 0 bridgehead atoms. The molecule has 2 aromatic carbocycles. The Morgan fingerprint density at radius 1 is 0.935 bits per heavy atom. The maximum atomic E-state index is 5.45. The summed E-state index contributed by atoms with van der Waals surface area (Å²) in [6, 6.07) is 14.1. The average Bonchev–Trinajstić information content (AvgIpc) is 2.77. The number of hydrogen-bond acceptors (Lipinski definition) is 8. The Labute approximate surface area is 182 Å². The van der Waals surface area contributed by atoms with Crippen molar-refractivity contribution in [2.75, 3.05) is 41.9 Å². The molecule has 0 unspecified atom stereocenters. The van der Waals surface area contributed by atoms with Gasteiger partial charge in [0.15, 0.2) is 0 Å². The third-order valence-electron chi connectivity index (χ3n) is 5.04. The second-order valence-corrected chi connectivity index (χ2v) is 7.56. The highest BCUT2D eigenvalue weighted by atomic mass is 16.5. The Hall–Kier alpha value is -3.52. The Kier molecular flexibility index (Phi) is 6.37. The number of hydrogen-bond donors (Lipinski definition) is 2. The predicted molar refractivity (Wildman–Crippen MR) is 124 cm³/mol. The molecule has 1 aliphatic rings. The first-order valence-corrected chi connectivity index (χ1v) is 10.4. The lowest BCUT2D eigenvalue weighted by Gasteiger charge is -2.27. The fraction of sp³-hybridized carbons (Fsp3) is 0.304. The van der Waals surface area contributed by atoms with E-state index in [0.717, 1.165) is 24.3 Å². The summed E-state index contributed by atoms with van der Waals surface area (Å²) >= 11 is 0. The molecule has 3 aromatic rings. The van der Waals surface area contributed by atoms with Gasteiger partial charge in [-0.25, -0.2) is 5.43 Å². The van der Waals surface area contributed by atoms with Crippen LogP contribution in [0.5, 0.6) is 0 Å². The summed E-state index contributed by atoms with van der Waals surface area (Å²) in [5.41, 5.74) is 8.57. The van der Waals surface area contributed by atoms with Crippen molar-refractivity contribution in [2.45, 2.75) is 20.8 Å². The van der Waals surface area contributed by atoms with Crippen LogP contribution in [-0.2, 0) is 4.74 Å². The smallest absolute Gasteiger partial charge is 0.250 e. The van der Waals surface area contributed by atoms with E-state index < -0.39 is 0 Å². The molecule has 2 heterocycles. The van der Waals surface area contributed by atoms with Crippen molar-refractivity contribution in [3.63, 3.8) is 0 Å². The Morgan fingerprint density at radius 3 is 2.32 bits per heavy atom. The fourth-order valence-corrected chi connectivity index (χ4v) is 3.58. The molecule has 0 aliphatic carbocycles. The van der Waals surface area contributed by atoms with Crippen LogP contribution in [0, 0.1) is 20.8 Å². The molecular formula is C23H27N7O. The van der Waals surface area contributed by atoms with E-state index in [1.165, 1.54) is 16.7 Å². The monoisotopic (exact) mass is 417 g/mol. The van der Waals surface area contributed by atoms with Crippen molar-refractivity contribution in [2.24, 2.45) is 5.10 Å². The zero-order chi connectivity index (χ0) is 21.6. The van der Waals surface area contributed by atoms with Crippen molar-refractivity contribution in [3.05, 3.63) is 64.7 Å². The fourth-order valence-electron chi connectivity index (χ4n) is 3.58. The van der Waals surface area contributed by atoms with Gasteiger partial charge in [0.1, 0.15) is 0 Å². The zero-order valence-corrected chi connectivity index (χ0v) is 18.1. The number of nitrogens with zero attached hydrogens (tertiary/aromatic N) is 5. The summed E-state index contributed by atoms with van der Waals surface area (Å²) in [5.74, 6) is 1.44. The summed E-state index contributed by atoms with van der Waals surface area (Å²) in [7, 11) is 0. The number of aryl methyl sites for hydroxylation is 3. The molecule has 31 heavy (non-hydrogen) atoms. The molecule has 0 radical (unpaired) electrons. The molecule has 8 nitrogen and oxygen atoms in total. The number of rotatable bonds is 6. The van der Waals surface area contributed by atoms with Crippen LogP contribution < -0.4 is 15.6 Å². The number of benzene rings is 2. The summed E-state index contributed by atoms with van der Waals surface area (Å²) in [6.45, 7) is 9.04. The number of morpholine rings is 1. The molecule has 0 saturated carbocycles. The summed E-state index contributed by atoms with van der Waals surface area (Å²) < 4.78 is 5.45. The highest BCUT2D eigenvalue weighted by Crippen LogP contribution is 2.19. The minimum Gasteiger partial charge on any atom is -0.378 e. The molecule has 1 aromatic heterocycles. The molecule has 0 amide bonds. The van der Waals surface area contributed by atoms with Crippen LogP contribution in [0.25, 0.3) is 0 Å². The first kappa shape index (κ1) is 20.7. The summed E-state index contributed by atoms with van der Waals surface area (Å²) in [4.78, 5) is 15.8. The number of hydrazone groups is 1. The number of ether oxygens (including phenoxy) is 1. The van der Waals surface area contributed by atoms with E-state index in [9.17, 15) is 0 Å². The van der Waals surface area contributed by atoms with Crippen molar-refractivity contribution in [1.82, 2.24) is 15.0 Å². The molecule has 160 valence electrons. The molecule has 0 atom stereocenters. The normalized spacial score (nSPS) is 14.1. The van der Waals surface area contributed by atoms with Gasteiger partial charge >= 0.3 is 0 Å². The molecule has 0 spiro atoms. The highest BCUT2D eigenvalue weighted by molar-refractivity contribution is 5.84. The Balaban J connectivity index is 1.59. The van der Waals surface area contributed by atoms with E-state index >= 15 is 0 Å². The molecule has 1 saturated heterocycles. The van der Waals surface area contributed by atoms with Gasteiger partial charge in [0, 0.05) is 24.3 Å². The highest BCUT2D eigenvalue weighted by Gasteiger charge is 2.16. The van der Waals surface area contributed by atoms with E-state index in [1.807, 2.05) is 36.5 Å². The summed E-state index contributed by atoms with van der Waals surface area (Å²) in [5, 5.41) is 7.64. The minimum absolute atomic E-state index is 0.383. The van der Waals surface area contributed by atoms with Crippen LogP contribution in [0.4, 0.5) is 23.5 Å². The van der Waals surface area contributed by atoms with Crippen LogP contribution in [0.1, 0.15) is 22.3 Å². The van der Waals surface area contributed by atoms with Gasteiger partial charge in [0.2, 0.25) is 17.8 Å². The lowest BCUT2D eigenvalue weighted by atomic mass is 10.0. The third kappa shape index (κ3) is 5.35. The standard InChI is InChI=1S/C23H27N7O/c1-16-13-17(2)20(18(3)14-16)15-24-29-22-26-21(25-19-7-5-4-6-8-19)27-23(28-22)30-9-11-31-12-10-30/h4-8,13-15H,9-12H2,1-3H3,(H2,25,26,27,28,29)/b24-15+. The second kappa shape index (κ2) is 9.53. The molecule has 1 fully saturated rings. The lowest BCUT2D eigenvalue weighted by Crippen LogP contribution is -2.37. The topological polar surface area (TPSA) is 87.6 Å². The van der Waals surface area contributed by atoms with Gasteiger partial charge in [-0.1, -0.05) is 35.9 Å². The second-order valence-electron chi connectivity index (χ2n) is 7.56. The average molecular weight is 418 g/mol. The number of nitrogens with one attached hydrogen (secondary N) is 2. The maximum absolute atomic E-state index is 5.45. The zero-order valence-electron chi connectivity index (χ0n) is 18.1. The molecule has 1 aliphatic heterocycles. The van der Waals surface area contributed by atoms with E-state index in [2.05, 4.69) is 68.6 Å². The number of aromatic nitrogens is 3. The van der Waals surface area contributed by atoms with E-state index in [4.69, 9.17) is 4.74 Å². The lowest BCUT2D eigenvalue weighted by molar-refractivity contribution is 0.122. The maximum Gasteiger partial charge on any atom is 0.250 e. The third-order valence-corrected chi connectivity index (χ3v) is 5.04. The largest absolute Gasteiger partial charge is 0.378 e. The van der Waals surface area contributed by atoms with Crippen molar-refractivity contribution in [1.29, 1.82) is 0 Å². The van der Waals surface area contributed by atoms with Crippen LogP contribution in [0.15, 0.2) is 47.6 Å². The first-order chi connectivity index (χ1) is 15.1. The van der Waals surface area contributed by atoms with Gasteiger partial charge in [-0.2, -0.15) is 20.1 Å². The van der Waals surface area contributed by atoms with Gasteiger partial charge in [-0.3, -0.25) is 0 Å². The van der Waals surface area contributed by atoms with E-state index in [1.54, 1.807) is 0 Å². The van der Waals surface area contributed by atoms with Crippen molar-refractivity contribution < 1.29 is 4.74 Å². The molecule has 4 rings (SSSR count). The Bertz CT molecular complexity index is 1040. The summed E-state index contributed by atoms with van der Waals surface area (Å²) in [6.07, 6.45) is 1.81. The number of para-hydroxylation sites is 1. The van der Waals surface area contributed by atoms with Crippen LogP contribution in [0.2, 0.25) is 0 Å². The van der Waals surface area contributed by atoms with E-state index in [0.29, 0.717) is 31.1 Å². The quantitative estimate of drug-likeness (QED) is 0.466. The Morgan fingerprint density at radius 2 is 1.61 bits per heavy atom.